The molecular weight excluding hydrogens is 290 g/mol. The van der Waals surface area contributed by atoms with Crippen molar-refractivity contribution in [1.82, 2.24) is 0 Å². The maximum atomic E-state index is 11.0. The van der Waals surface area contributed by atoms with Gasteiger partial charge in [0.25, 0.3) is 10.1 Å². The molecule has 0 amide bonds. The molecule has 0 bridgehead atoms. The Kier molecular flexibility index (Phi) is 4.82. The largest absolute Gasteiger partial charge is 0.473 e. The Hall–Kier alpha value is -2.05. The van der Waals surface area contributed by atoms with Crippen LogP contribution in [-0.2, 0) is 16.5 Å². The summed E-state index contributed by atoms with van der Waals surface area (Å²) in [6, 6.07) is 13.7. The molecule has 0 aliphatic heterocycles. The molecule has 0 spiro atoms. The van der Waals surface area contributed by atoms with Crippen LogP contribution in [0.15, 0.2) is 53.4 Å². The van der Waals surface area contributed by atoms with Gasteiger partial charge in [0.2, 0.25) is 0 Å². The standard InChI is InChI=1S/C15H17NO4S/c1-2-12-5-3-6-13(9-12)16-11-20-14-7-4-8-15(10-14)21(17,18)19/h3-10,16H,2,11H2,1H3,(H,17,18,19). The van der Waals surface area contributed by atoms with Gasteiger partial charge in [-0.15, -0.1) is 0 Å². The van der Waals surface area contributed by atoms with Gasteiger partial charge in [-0.25, -0.2) is 0 Å². The van der Waals surface area contributed by atoms with E-state index < -0.39 is 10.1 Å². The third-order valence-corrected chi connectivity index (χ3v) is 3.80. The van der Waals surface area contributed by atoms with Crippen molar-refractivity contribution in [3.05, 3.63) is 54.1 Å². The van der Waals surface area contributed by atoms with Gasteiger partial charge in [0.1, 0.15) is 5.75 Å². The molecule has 2 rings (SSSR count). The van der Waals surface area contributed by atoms with E-state index in [2.05, 4.69) is 12.2 Å². The molecule has 0 unspecified atom stereocenters. The van der Waals surface area contributed by atoms with Crippen LogP contribution in [0.5, 0.6) is 5.75 Å². The summed E-state index contributed by atoms with van der Waals surface area (Å²) in [6.45, 7) is 2.28. The highest BCUT2D eigenvalue weighted by Gasteiger charge is 2.09. The zero-order chi connectivity index (χ0) is 15.3. The van der Waals surface area contributed by atoms with E-state index in [1.165, 1.54) is 23.8 Å². The molecule has 2 aromatic carbocycles. The maximum absolute atomic E-state index is 11.0. The fraction of sp³-hybridized carbons (Fsp3) is 0.200. The Morgan fingerprint density at radius 1 is 1.14 bits per heavy atom. The Morgan fingerprint density at radius 2 is 1.90 bits per heavy atom. The van der Waals surface area contributed by atoms with Crippen LogP contribution in [-0.4, -0.2) is 19.7 Å². The first-order valence-corrected chi connectivity index (χ1v) is 7.96. The van der Waals surface area contributed by atoms with Gasteiger partial charge in [-0.1, -0.05) is 25.1 Å². The molecule has 0 fully saturated rings. The van der Waals surface area contributed by atoms with Gasteiger partial charge < -0.3 is 10.1 Å². The van der Waals surface area contributed by atoms with Crippen molar-refractivity contribution in [3.8, 4) is 5.75 Å². The van der Waals surface area contributed by atoms with E-state index in [4.69, 9.17) is 9.29 Å². The van der Waals surface area contributed by atoms with Crippen molar-refractivity contribution < 1.29 is 17.7 Å². The molecule has 0 saturated carbocycles. The topological polar surface area (TPSA) is 75.6 Å². The second-order valence-corrected chi connectivity index (χ2v) is 5.89. The number of rotatable bonds is 6. The quantitative estimate of drug-likeness (QED) is 0.634. The summed E-state index contributed by atoms with van der Waals surface area (Å²) >= 11 is 0. The van der Waals surface area contributed by atoms with Gasteiger partial charge in [-0.2, -0.15) is 8.42 Å². The number of ether oxygens (including phenoxy) is 1. The normalized spacial score (nSPS) is 11.1. The number of anilines is 1. The summed E-state index contributed by atoms with van der Waals surface area (Å²) in [7, 11) is -4.21. The zero-order valence-electron chi connectivity index (χ0n) is 11.6. The maximum Gasteiger partial charge on any atom is 0.294 e. The van der Waals surface area contributed by atoms with Crippen LogP contribution >= 0.6 is 0 Å². The minimum absolute atomic E-state index is 0.187. The fourth-order valence-electron chi connectivity index (χ4n) is 1.83. The predicted octanol–water partition coefficient (Wildman–Crippen LogP) is 2.94. The smallest absolute Gasteiger partial charge is 0.294 e. The van der Waals surface area contributed by atoms with Crippen LogP contribution < -0.4 is 10.1 Å². The highest BCUT2D eigenvalue weighted by atomic mass is 32.2. The van der Waals surface area contributed by atoms with Crippen molar-refractivity contribution in [2.45, 2.75) is 18.2 Å². The molecule has 112 valence electrons. The lowest BCUT2D eigenvalue weighted by Crippen LogP contribution is -2.09. The molecule has 0 heterocycles. The highest BCUT2D eigenvalue weighted by molar-refractivity contribution is 7.85. The van der Waals surface area contributed by atoms with Gasteiger partial charge in [-0.05, 0) is 36.2 Å². The number of aryl methyl sites for hydroxylation is 1. The molecule has 21 heavy (non-hydrogen) atoms. The summed E-state index contributed by atoms with van der Waals surface area (Å²) in [4.78, 5) is -0.187. The summed E-state index contributed by atoms with van der Waals surface area (Å²) in [5.41, 5.74) is 2.15. The van der Waals surface area contributed by atoms with Crippen LogP contribution in [0.1, 0.15) is 12.5 Å². The lowest BCUT2D eigenvalue weighted by molar-refractivity contribution is 0.345. The monoisotopic (exact) mass is 307 g/mol. The van der Waals surface area contributed by atoms with Crippen LogP contribution in [0.25, 0.3) is 0 Å². The average molecular weight is 307 g/mol. The molecule has 0 radical (unpaired) electrons. The van der Waals surface area contributed by atoms with E-state index in [-0.39, 0.29) is 11.6 Å². The minimum Gasteiger partial charge on any atom is -0.473 e. The zero-order valence-corrected chi connectivity index (χ0v) is 12.4. The summed E-state index contributed by atoms with van der Waals surface area (Å²) < 4.78 is 36.5. The van der Waals surface area contributed by atoms with Gasteiger partial charge >= 0.3 is 0 Å². The number of hydrogen-bond donors (Lipinski definition) is 2. The van der Waals surface area contributed by atoms with Gasteiger partial charge in [-0.3, -0.25) is 4.55 Å². The molecular formula is C15H17NO4S. The predicted molar refractivity (Wildman–Crippen MR) is 81.2 cm³/mol. The first kappa shape index (κ1) is 15.3. The van der Waals surface area contributed by atoms with Crippen LogP contribution in [0, 0.1) is 0 Å². The molecule has 2 N–H and O–H groups in total. The minimum atomic E-state index is -4.21. The lowest BCUT2D eigenvalue weighted by atomic mass is 10.1. The Bertz CT molecular complexity index is 713. The number of hydrogen-bond acceptors (Lipinski definition) is 4. The molecule has 0 aliphatic carbocycles. The van der Waals surface area contributed by atoms with Crippen LogP contribution in [0.2, 0.25) is 0 Å². The summed E-state index contributed by atoms with van der Waals surface area (Å²) in [5.74, 6) is 0.365. The lowest BCUT2D eigenvalue weighted by Gasteiger charge is -2.10. The first-order valence-electron chi connectivity index (χ1n) is 6.52. The van der Waals surface area contributed by atoms with Crippen LogP contribution in [0.3, 0.4) is 0 Å². The summed E-state index contributed by atoms with van der Waals surface area (Å²) in [6.07, 6.45) is 0.951. The van der Waals surface area contributed by atoms with Gasteiger partial charge in [0.15, 0.2) is 6.73 Å². The van der Waals surface area contributed by atoms with Crippen molar-refractivity contribution in [3.63, 3.8) is 0 Å². The van der Waals surface area contributed by atoms with E-state index >= 15 is 0 Å². The number of nitrogens with one attached hydrogen (secondary N) is 1. The van der Waals surface area contributed by atoms with Crippen LogP contribution in [0.4, 0.5) is 5.69 Å². The Balaban J connectivity index is 1.97. The third kappa shape index (κ3) is 4.47. The third-order valence-electron chi connectivity index (χ3n) is 2.95. The van der Waals surface area contributed by atoms with Crippen molar-refractivity contribution in [1.29, 1.82) is 0 Å². The second-order valence-electron chi connectivity index (χ2n) is 4.47. The molecule has 0 aliphatic rings. The molecule has 0 atom stereocenters. The Morgan fingerprint density at radius 3 is 2.62 bits per heavy atom. The van der Waals surface area contributed by atoms with E-state index in [1.807, 2.05) is 24.3 Å². The fourth-order valence-corrected chi connectivity index (χ4v) is 2.34. The van der Waals surface area contributed by atoms with Crippen molar-refractivity contribution >= 4 is 15.8 Å². The summed E-state index contributed by atoms with van der Waals surface area (Å²) in [5, 5.41) is 3.09. The molecule has 2 aromatic rings. The molecule has 0 aromatic heterocycles. The van der Waals surface area contributed by atoms with Gasteiger partial charge in [0, 0.05) is 11.8 Å². The Labute approximate surface area is 124 Å². The molecule has 0 saturated heterocycles. The van der Waals surface area contributed by atoms with Crippen molar-refractivity contribution in [2.75, 3.05) is 12.0 Å². The van der Waals surface area contributed by atoms with E-state index in [1.54, 1.807) is 6.07 Å². The van der Waals surface area contributed by atoms with Gasteiger partial charge in [0.05, 0.1) is 4.90 Å². The van der Waals surface area contributed by atoms with E-state index in [0.717, 1.165) is 12.1 Å². The SMILES string of the molecule is CCc1cccc(NCOc2cccc(S(=O)(=O)O)c2)c1. The first-order chi connectivity index (χ1) is 9.99. The van der Waals surface area contributed by atoms with E-state index in [9.17, 15) is 8.42 Å². The second kappa shape index (κ2) is 6.60. The average Bonchev–Trinajstić information content (AvgIpc) is 2.47. The van der Waals surface area contributed by atoms with Crippen molar-refractivity contribution in [2.24, 2.45) is 0 Å². The van der Waals surface area contributed by atoms with E-state index in [0.29, 0.717) is 5.75 Å². The molecule has 5 nitrogen and oxygen atoms in total. The number of benzene rings is 2. The highest BCUT2D eigenvalue weighted by Crippen LogP contribution is 2.17. The molecule has 6 heteroatoms.